The number of rotatable bonds is 3. The standard InChI is InChI=1S/C21H22F3N5/c1-13-6-5-7-17-18(13)19(29-8-3-2-4-9-29)28-20(27-17)26-16-11-14(21(22,23)24)10-15(25)12-16/h5-7,10-12H,2-4,8-9,25H2,1H3,(H,26,27,28). The highest BCUT2D eigenvalue weighted by atomic mass is 19.4. The van der Waals surface area contributed by atoms with Gasteiger partial charge >= 0.3 is 6.18 Å². The molecule has 0 spiro atoms. The molecular formula is C21H22F3N5. The maximum absolute atomic E-state index is 13.1. The summed E-state index contributed by atoms with van der Waals surface area (Å²) in [4.78, 5) is 11.4. The van der Waals surface area contributed by atoms with Crippen molar-refractivity contribution < 1.29 is 13.2 Å². The van der Waals surface area contributed by atoms with Crippen LogP contribution in [0.5, 0.6) is 0 Å². The van der Waals surface area contributed by atoms with Crippen LogP contribution in [0.25, 0.3) is 10.9 Å². The molecule has 1 saturated heterocycles. The van der Waals surface area contributed by atoms with Gasteiger partial charge in [-0.15, -0.1) is 0 Å². The lowest BCUT2D eigenvalue weighted by atomic mass is 10.1. The first-order valence-corrected chi connectivity index (χ1v) is 9.58. The maximum Gasteiger partial charge on any atom is 0.416 e. The molecule has 5 nitrogen and oxygen atoms in total. The van der Waals surface area contributed by atoms with E-state index in [1.54, 1.807) is 0 Å². The summed E-state index contributed by atoms with van der Waals surface area (Å²) in [5.74, 6) is 1.07. The number of nitrogens with zero attached hydrogens (tertiary/aromatic N) is 3. The van der Waals surface area contributed by atoms with Crippen molar-refractivity contribution in [2.45, 2.75) is 32.4 Å². The van der Waals surface area contributed by atoms with E-state index in [-0.39, 0.29) is 17.3 Å². The zero-order valence-electron chi connectivity index (χ0n) is 16.1. The van der Waals surface area contributed by atoms with E-state index in [1.807, 2.05) is 25.1 Å². The van der Waals surface area contributed by atoms with Crippen LogP contribution in [0.4, 0.5) is 36.3 Å². The lowest BCUT2D eigenvalue weighted by molar-refractivity contribution is -0.137. The molecule has 152 valence electrons. The molecule has 4 rings (SSSR count). The van der Waals surface area contributed by atoms with Gasteiger partial charge in [0.25, 0.3) is 0 Å². The Bertz CT molecular complexity index is 1040. The zero-order chi connectivity index (χ0) is 20.6. The van der Waals surface area contributed by atoms with Gasteiger partial charge in [-0.05, 0) is 56.0 Å². The number of nitrogens with two attached hydrogens (primary N) is 1. The molecule has 1 fully saturated rings. The molecule has 0 radical (unpaired) electrons. The van der Waals surface area contributed by atoms with Crippen LogP contribution in [0.3, 0.4) is 0 Å². The molecule has 8 heteroatoms. The van der Waals surface area contributed by atoms with E-state index in [1.165, 1.54) is 12.5 Å². The third-order valence-corrected chi connectivity index (χ3v) is 5.11. The number of hydrogen-bond donors (Lipinski definition) is 2. The Balaban J connectivity index is 1.78. The number of anilines is 4. The Hall–Kier alpha value is -3.03. The molecule has 0 atom stereocenters. The summed E-state index contributed by atoms with van der Waals surface area (Å²) in [7, 11) is 0. The fourth-order valence-corrected chi connectivity index (χ4v) is 3.74. The monoisotopic (exact) mass is 401 g/mol. The van der Waals surface area contributed by atoms with Gasteiger partial charge in [-0.3, -0.25) is 0 Å². The lowest BCUT2D eigenvalue weighted by Gasteiger charge is -2.29. The van der Waals surface area contributed by atoms with Crippen LogP contribution in [0, 0.1) is 6.92 Å². The number of nitrogen functional groups attached to an aromatic ring is 1. The number of halogens is 3. The van der Waals surface area contributed by atoms with Crippen molar-refractivity contribution in [3.05, 3.63) is 47.5 Å². The third kappa shape index (κ3) is 4.06. The van der Waals surface area contributed by atoms with Crippen molar-refractivity contribution in [1.82, 2.24) is 9.97 Å². The molecule has 0 bridgehead atoms. The van der Waals surface area contributed by atoms with Crippen molar-refractivity contribution in [2.75, 3.05) is 29.0 Å². The number of benzene rings is 2. The summed E-state index contributed by atoms with van der Waals surface area (Å²) in [6.45, 7) is 3.81. The molecule has 1 aliphatic rings. The molecule has 2 aromatic carbocycles. The van der Waals surface area contributed by atoms with E-state index in [0.29, 0.717) is 0 Å². The molecule has 3 aromatic rings. The molecule has 1 aromatic heterocycles. The minimum absolute atomic E-state index is 0.0233. The minimum atomic E-state index is -4.48. The van der Waals surface area contributed by atoms with Crippen molar-refractivity contribution >= 4 is 34.0 Å². The Morgan fingerprint density at radius 3 is 2.52 bits per heavy atom. The maximum atomic E-state index is 13.1. The SMILES string of the molecule is Cc1cccc2nc(Nc3cc(N)cc(C(F)(F)F)c3)nc(N3CCCCC3)c12. The summed E-state index contributed by atoms with van der Waals surface area (Å²) >= 11 is 0. The predicted octanol–water partition coefficient (Wildman–Crippen LogP) is 5.27. The first-order valence-electron chi connectivity index (χ1n) is 9.58. The first-order chi connectivity index (χ1) is 13.8. The zero-order valence-corrected chi connectivity index (χ0v) is 16.1. The van der Waals surface area contributed by atoms with Crippen LogP contribution in [0.1, 0.15) is 30.4 Å². The van der Waals surface area contributed by atoms with Crippen LogP contribution in [-0.4, -0.2) is 23.1 Å². The molecule has 0 unspecified atom stereocenters. The Morgan fingerprint density at radius 2 is 1.79 bits per heavy atom. The molecule has 0 amide bonds. The summed E-state index contributed by atoms with van der Waals surface area (Å²) < 4.78 is 39.4. The first kappa shape index (κ1) is 19.3. The van der Waals surface area contributed by atoms with E-state index in [4.69, 9.17) is 5.73 Å². The average Bonchev–Trinajstić information content (AvgIpc) is 2.67. The van der Waals surface area contributed by atoms with E-state index >= 15 is 0 Å². The highest BCUT2D eigenvalue weighted by Crippen LogP contribution is 2.34. The molecule has 0 saturated carbocycles. The number of fused-ring (bicyclic) bond motifs is 1. The Morgan fingerprint density at radius 1 is 1.03 bits per heavy atom. The van der Waals surface area contributed by atoms with Gasteiger partial charge in [0.05, 0.1) is 11.1 Å². The predicted molar refractivity (Wildman–Crippen MR) is 109 cm³/mol. The van der Waals surface area contributed by atoms with Crippen molar-refractivity contribution in [2.24, 2.45) is 0 Å². The average molecular weight is 401 g/mol. The normalized spacial score (nSPS) is 15.0. The second-order valence-electron chi connectivity index (χ2n) is 7.35. The molecule has 2 heterocycles. The minimum Gasteiger partial charge on any atom is -0.399 e. The lowest BCUT2D eigenvalue weighted by Crippen LogP contribution is -2.30. The van der Waals surface area contributed by atoms with Crippen molar-refractivity contribution in [3.63, 3.8) is 0 Å². The number of aromatic nitrogens is 2. The van der Waals surface area contributed by atoms with Crippen molar-refractivity contribution in [3.8, 4) is 0 Å². The number of hydrogen-bond acceptors (Lipinski definition) is 5. The van der Waals surface area contributed by atoms with Gasteiger partial charge in [0.2, 0.25) is 5.95 Å². The second-order valence-corrected chi connectivity index (χ2v) is 7.35. The summed E-state index contributed by atoms with van der Waals surface area (Å²) in [6.07, 6.45) is -1.12. The number of piperidine rings is 1. The van der Waals surface area contributed by atoms with Gasteiger partial charge in [-0.2, -0.15) is 18.2 Å². The van der Waals surface area contributed by atoms with Crippen molar-refractivity contribution in [1.29, 1.82) is 0 Å². The Labute approximate surface area is 166 Å². The van der Waals surface area contributed by atoms with Gasteiger partial charge < -0.3 is 16.0 Å². The van der Waals surface area contributed by atoms with Crippen LogP contribution in [-0.2, 0) is 6.18 Å². The fraction of sp³-hybridized carbons (Fsp3) is 0.333. The van der Waals surface area contributed by atoms with Crippen LogP contribution in [0.2, 0.25) is 0 Å². The number of alkyl halides is 3. The third-order valence-electron chi connectivity index (χ3n) is 5.11. The molecule has 0 aliphatic carbocycles. The molecular weight excluding hydrogens is 379 g/mol. The van der Waals surface area contributed by atoms with E-state index in [2.05, 4.69) is 20.2 Å². The van der Waals surface area contributed by atoms with Gasteiger partial charge in [0.15, 0.2) is 0 Å². The molecule has 3 N–H and O–H groups in total. The van der Waals surface area contributed by atoms with Gasteiger partial charge in [-0.1, -0.05) is 12.1 Å². The Kier molecular flexibility index (Phi) is 4.94. The van der Waals surface area contributed by atoms with E-state index < -0.39 is 11.7 Å². The number of nitrogens with one attached hydrogen (secondary N) is 1. The quantitative estimate of drug-likeness (QED) is 0.585. The van der Waals surface area contributed by atoms with Crippen LogP contribution in [0.15, 0.2) is 36.4 Å². The van der Waals surface area contributed by atoms with Gasteiger partial charge in [0, 0.05) is 29.9 Å². The highest BCUT2D eigenvalue weighted by molar-refractivity contribution is 5.93. The van der Waals surface area contributed by atoms with E-state index in [9.17, 15) is 13.2 Å². The smallest absolute Gasteiger partial charge is 0.399 e. The largest absolute Gasteiger partial charge is 0.416 e. The summed E-state index contributed by atoms with van der Waals surface area (Å²) in [5, 5.41) is 3.89. The second kappa shape index (κ2) is 7.42. The number of aryl methyl sites for hydroxylation is 1. The molecule has 1 aliphatic heterocycles. The topological polar surface area (TPSA) is 67.1 Å². The van der Waals surface area contributed by atoms with Crippen LogP contribution < -0.4 is 16.0 Å². The van der Waals surface area contributed by atoms with Gasteiger partial charge in [-0.25, -0.2) is 4.98 Å². The summed E-state index contributed by atoms with van der Waals surface area (Å²) in [5.41, 5.74) is 6.91. The van der Waals surface area contributed by atoms with Crippen LogP contribution >= 0.6 is 0 Å². The summed E-state index contributed by atoms with van der Waals surface area (Å²) in [6, 6.07) is 9.19. The molecule has 29 heavy (non-hydrogen) atoms. The van der Waals surface area contributed by atoms with E-state index in [0.717, 1.165) is 60.3 Å². The highest BCUT2D eigenvalue weighted by Gasteiger charge is 2.31. The van der Waals surface area contributed by atoms with Gasteiger partial charge in [0.1, 0.15) is 5.82 Å². The fourth-order valence-electron chi connectivity index (χ4n) is 3.74.